The Morgan fingerprint density at radius 2 is 2.07 bits per heavy atom. The van der Waals surface area contributed by atoms with Crippen LogP contribution in [0.4, 0.5) is 0 Å². The molecule has 1 heterocycles. The summed E-state index contributed by atoms with van der Waals surface area (Å²) in [6, 6.07) is 3.67. The highest BCUT2D eigenvalue weighted by Gasteiger charge is 2.17. The summed E-state index contributed by atoms with van der Waals surface area (Å²) >= 11 is 0. The quantitative estimate of drug-likeness (QED) is 0.761. The van der Waals surface area contributed by atoms with Crippen molar-refractivity contribution in [2.75, 3.05) is 6.61 Å². The van der Waals surface area contributed by atoms with Crippen molar-refractivity contribution in [3.05, 3.63) is 29.6 Å². The van der Waals surface area contributed by atoms with E-state index in [9.17, 15) is 0 Å². The zero-order valence-electron chi connectivity index (χ0n) is 8.64. The molecule has 0 aliphatic carbocycles. The lowest BCUT2D eigenvalue weighted by Gasteiger charge is -2.19. The first-order valence-corrected chi connectivity index (χ1v) is 4.86. The van der Waals surface area contributed by atoms with Gasteiger partial charge in [0.25, 0.3) is 0 Å². The second-order valence-electron chi connectivity index (χ2n) is 3.65. The molecule has 0 radical (unpaired) electrons. The summed E-state index contributed by atoms with van der Waals surface area (Å²) in [7, 11) is 0. The smallest absolute Gasteiger partial charge is 0.0699 e. The van der Waals surface area contributed by atoms with E-state index in [2.05, 4.69) is 4.98 Å². The van der Waals surface area contributed by atoms with E-state index < -0.39 is 0 Å². The molecular formula is C11H17NO2. The number of aliphatic hydroxyl groups excluding tert-OH is 2. The number of hydrogen-bond acceptors (Lipinski definition) is 3. The summed E-state index contributed by atoms with van der Waals surface area (Å²) in [5.41, 5.74) is 1.73. The third-order valence-electron chi connectivity index (χ3n) is 2.67. The highest BCUT2D eigenvalue weighted by molar-refractivity contribution is 5.22. The third-order valence-corrected chi connectivity index (χ3v) is 2.67. The molecule has 0 aliphatic rings. The predicted octanol–water partition coefficient (Wildman–Crippen LogP) is 1.31. The Morgan fingerprint density at radius 1 is 1.36 bits per heavy atom. The molecule has 0 saturated carbocycles. The monoisotopic (exact) mass is 195 g/mol. The first-order valence-electron chi connectivity index (χ1n) is 4.86. The summed E-state index contributed by atoms with van der Waals surface area (Å²) in [4.78, 5) is 4.25. The average Bonchev–Trinajstić information content (AvgIpc) is 2.26. The predicted molar refractivity (Wildman–Crippen MR) is 54.8 cm³/mol. The van der Waals surface area contributed by atoms with Crippen LogP contribution in [0.1, 0.15) is 31.0 Å². The van der Waals surface area contributed by atoms with Crippen LogP contribution in [0.15, 0.2) is 18.3 Å². The van der Waals surface area contributed by atoms with Gasteiger partial charge in [0.1, 0.15) is 0 Å². The second kappa shape index (κ2) is 5.08. The van der Waals surface area contributed by atoms with E-state index in [1.807, 2.05) is 26.0 Å². The molecule has 3 heteroatoms. The minimum absolute atomic E-state index is 0.00562. The number of aromatic nitrogens is 1. The molecular weight excluding hydrogens is 178 g/mol. The fraction of sp³-hybridized carbons (Fsp3) is 0.545. The van der Waals surface area contributed by atoms with Gasteiger partial charge < -0.3 is 10.2 Å². The summed E-state index contributed by atoms with van der Waals surface area (Å²) in [6.45, 7) is 4.14. The SMILES string of the molecule is CC(CO)C(C)c1ncccc1CO. The van der Waals surface area contributed by atoms with Crippen LogP contribution in [-0.2, 0) is 6.61 Å². The van der Waals surface area contributed by atoms with E-state index in [0.29, 0.717) is 0 Å². The molecule has 14 heavy (non-hydrogen) atoms. The van der Waals surface area contributed by atoms with Crippen molar-refractivity contribution in [2.45, 2.75) is 26.4 Å². The van der Waals surface area contributed by atoms with Gasteiger partial charge in [-0.05, 0) is 17.5 Å². The van der Waals surface area contributed by atoms with Crippen LogP contribution in [0.5, 0.6) is 0 Å². The number of pyridine rings is 1. The van der Waals surface area contributed by atoms with Crippen LogP contribution in [0.2, 0.25) is 0 Å². The van der Waals surface area contributed by atoms with Gasteiger partial charge in [0, 0.05) is 24.4 Å². The van der Waals surface area contributed by atoms with E-state index in [1.54, 1.807) is 6.20 Å². The fourth-order valence-corrected chi connectivity index (χ4v) is 1.42. The van der Waals surface area contributed by atoms with E-state index in [-0.39, 0.29) is 25.0 Å². The van der Waals surface area contributed by atoms with Gasteiger partial charge >= 0.3 is 0 Å². The van der Waals surface area contributed by atoms with Gasteiger partial charge in [-0.1, -0.05) is 19.9 Å². The Bertz CT molecular complexity index is 288. The summed E-state index contributed by atoms with van der Waals surface area (Å²) in [5, 5.41) is 18.2. The zero-order valence-corrected chi connectivity index (χ0v) is 8.64. The molecule has 0 spiro atoms. The van der Waals surface area contributed by atoms with Gasteiger partial charge in [-0.15, -0.1) is 0 Å². The largest absolute Gasteiger partial charge is 0.396 e. The van der Waals surface area contributed by atoms with Gasteiger partial charge in [-0.25, -0.2) is 0 Å². The molecule has 0 fully saturated rings. The van der Waals surface area contributed by atoms with E-state index in [1.165, 1.54) is 0 Å². The van der Waals surface area contributed by atoms with Crippen molar-refractivity contribution in [2.24, 2.45) is 5.92 Å². The van der Waals surface area contributed by atoms with Crippen molar-refractivity contribution >= 4 is 0 Å². The lowest BCUT2D eigenvalue weighted by atomic mass is 9.91. The lowest BCUT2D eigenvalue weighted by Crippen LogP contribution is -2.13. The van der Waals surface area contributed by atoms with Gasteiger partial charge in [-0.3, -0.25) is 4.98 Å². The molecule has 0 aliphatic heterocycles. The Labute approximate surface area is 84.4 Å². The van der Waals surface area contributed by atoms with Crippen LogP contribution in [0, 0.1) is 5.92 Å². The van der Waals surface area contributed by atoms with E-state index in [4.69, 9.17) is 10.2 Å². The van der Waals surface area contributed by atoms with Crippen molar-refractivity contribution in [3.8, 4) is 0 Å². The highest BCUT2D eigenvalue weighted by Crippen LogP contribution is 2.24. The summed E-state index contributed by atoms with van der Waals surface area (Å²) < 4.78 is 0. The molecule has 2 N–H and O–H groups in total. The van der Waals surface area contributed by atoms with Crippen LogP contribution in [0.3, 0.4) is 0 Å². The maximum Gasteiger partial charge on any atom is 0.0699 e. The van der Waals surface area contributed by atoms with Crippen molar-refractivity contribution in [1.82, 2.24) is 4.98 Å². The standard InChI is InChI=1S/C11H17NO2/c1-8(6-13)9(2)11-10(7-14)4-3-5-12-11/h3-5,8-9,13-14H,6-7H2,1-2H3. The lowest BCUT2D eigenvalue weighted by molar-refractivity contribution is 0.217. The van der Waals surface area contributed by atoms with E-state index in [0.717, 1.165) is 11.3 Å². The maximum absolute atomic E-state index is 9.12. The summed E-state index contributed by atoms with van der Waals surface area (Å²) in [6.07, 6.45) is 1.72. The minimum Gasteiger partial charge on any atom is -0.396 e. The van der Waals surface area contributed by atoms with Gasteiger partial charge in [0.2, 0.25) is 0 Å². The molecule has 0 bridgehead atoms. The van der Waals surface area contributed by atoms with Gasteiger partial charge in [0.05, 0.1) is 6.61 Å². The molecule has 0 amide bonds. The van der Waals surface area contributed by atoms with Crippen LogP contribution in [0.25, 0.3) is 0 Å². The Hall–Kier alpha value is -0.930. The second-order valence-corrected chi connectivity index (χ2v) is 3.65. The topological polar surface area (TPSA) is 53.4 Å². The molecule has 1 aromatic heterocycles. The molecule has 1 aromatic rings. The maximum atomic E-state index is 9.12. The molecule has 2 unspecified atom stereocenters. The van der Waals surface area contributed by atoms with Crippen LogP contribution >= 0.6 is 0 Å². The van der Waals surface area contributed by atoms with Gasteiger partial charge in [-0.2, -0.15) is 0 Å². The Balaban J connectivity index is 2.93. The molecule has 78 valence electrons. The number of rotatable bonds is 4. The van der Waals surface area contributed by atoms with Crippen LogP contribution < -0.4 is 0 Å². The zero-order chi connectivity index (χ0) is 10.6. The fourth-order valence-electron chi connectivity index (χ4n) is 1.42. The molecule has 0 aromatic carbocycles. The highest BCUT2D eigenvalue weighted by atomic mass is 16.3. The third kappa shape index (κ3) is 2.30. The number of hydrogen-bond donors (Lipinski definition) is 2. The van der Waals surface area contributed by atoms with Crippen molar-refractivity contribution in [1.29, 1.82) is 0 Å². The van der Waals surface area contributed by atoms with Crippen molar-refractivity contribution in [3.63, 3.8) is 0 Å². The number of nitrogens with zero attached hydrogens (tertiary/aromatic N) is 1. The van der Waals surface area contributed by atoms with Crippen LogP contribution in [-0.4, -0.2) is 21.8 Å². The Kier molecular flexibility index (Phi) is 4.04. The normalized spacial score (nSPS) is 15.1. The average molecular weight is 195 g/mol. The molecule has 3 nitrogen and oxygen atoms in total. The van der Waals surface area contributed by atoms with Gasteiger partial charge in [0.15, 0.2) is 0 Å². The Morgan fingerprint density at radius 3 is 2.64 bits per heavy atom. The van der Waals surface area contributed by atoms with E-state index >= 15 is 0 Å². The van der Waals surface area contributed by atoms with Crippen molar-refractivity contribution < 1.29 is 10.2 Å². The number of aliphatic hydroxyl groups is 2. The first-order chi connectivity index (χ1) is 6.70. The molecule has 2 atom stereocenters. The molecule has 1 rings (SSSR count). The first kappa shape index (κ1) is 11.1. The molecule has 0 saturated heterocycles. The summed E-state index contributed by atoms with van der Waals surface area (Å²) in [5.74, 6) is 0.332. The minimum atomic E-state index is 0.00562.